The third-order valence-corrected chi connectivity index (χ3v) is 5.04. The number of nitrogens with one attached hydrogen (secondary N) is 1. The van der Waals surface area contributed by atoms with Crippen LogP contribution >= 0.6 is 0 Å². The van der Waals surface area contributed by atoms with E-state index in [4.69, 9.17) is 4.74 Å². The van der Waals surface area contributed by atoms with E-state index in [9.17, 15) is 4.79 Å². The van der Waals surface area contributed by atoms with Gasteiger partial charge in [-0.15, -0.1) is 0 Å². The van der Waals surface area contributed by atoms with Gasteiger partial charge in [-0.25, -0.2) is 9.97 Å². The number of likely N-dealkylation sites (tertiary alicyclic amines) is 1. The van der Waals surface area contributed by atoms with E-state index < -0.39 is 0 Å². The molecule has 2 aromatic heterocycles. The minimum atomic E-state index is -0.240. The molecule has 0 aliphatic carbocycles. The molecule has 4 rings (SSSR count). The Labute approximate surface area is 140 Å². The van der Waals surface area contributed by atoms with Gasteiger partial charge in [0.15, 0.2) is 0 Å². The number of carbonyl (C=O) groups excluding carboxylic acids is 1. The summed E-state index contributed by atoms with van der Waals surface area (Å²) in [5.41, 5.74) is 0.395. The molecule has 0 aromatic carbocycles. The van der Waals surface area contributed by atoms with E-state index in [0.29, 0.717) is 24.8 Å². The maximum Gasteiger partial charge on any atom is 0.270 e. The molecule has 7 heteroatoms. The van der Waals surface area contributed by atoms with Crippen molar-refractivity contribution >= 4 is 11.9 Å². The largest absolute Gasteiger partial charge is 0.371 e. The summed E-state index contributed by atoms with van der Waals surface area (Å²) in [6, 6.07) is 5.70. The lowest BCUT2D eigenvalue weighted by atomic mass is 9.97. The Bertz CT molecular complexity index is 705. The minimum absolute atomic E-state index is 0.0451. The van der Waals surface area contributed by atoms with Gasteiger partial charge in [0.2, 0.25) is 5.95 Å². The second kappa shape index (κ2) is 5.90. The van der Waals surface area contributed by atoms with Gasteiger partial charge in [-0.2, -0.15) is 0 Å². The highest BCUT2D eigenvalue weighted by molar-refractivity contribution is 5.92. The molecule has 126 valence electrons. The highest BCUT2D eigenvalue weighted by atomic mass is 16.5. The van der Waals surface area contributed by atoms with E-state index in [1.54, 1.807) is 18.6 Å². The lowest BCUT2D eigenvalue weighted by molar-refractivity contribution is 0.0123. The van der Waals surface area contributed by atoms with E-state index in [1.807, 2.05) is 30.1 Å². The second-order valence-corrected chi connectivity index (χ2v) is 6.57. The number of aromatic nitrogens is 3. The fourth-order valence-corrected chi connectivity index (χ4v) is 3.64. The van der Waals surface area contributed by atoms with Gasteiger partial charge >= 0.3 is 0 Å². The molecule has 0 bridgehead atoms. The lowest BCUT2D eigenvalue weighted by Crippen LogP contribution is -2.38. The van der Waals surface area contributed by atoms with Crippen LogP contribution in [0.25, 0.3) is 0 Å². The zero-order valence-electron chi connectivity index (χ0n) is 13.7. The number of rotatable bonds is 3. The van der Waals surface area contributed by atoms with Crippen LogP contribution in [0.15, 0.2) is 36.8 Å². The molecule has 2 aliphatic rings. The van der Waals surface area contributed by atoms with Crippen molar-refractivity contribution in [2.75, 3.05) is 31.6 Å². The van der Waals surface area contributed by atoms with Gasteiger partial charge in [0.05, 0.1) is 24.8 Å². The number of carbonyl (C=O) groups is 1. The summed E-state index contributed by atoms with van der Waals surface area (Å²) in [6.45, 7) is 2.01. The second-order valence-electron chi connectivity index (χ2n) is 6.57. The van der Waals surface area contributed by atoms with Crippen molar-refractivity contribution in [3.63, 3.8) is 0 Å². The van der Waals surface area contributed by atoms with Gasteiger partial charge in [0.1, 0.15) is 5.69 Å². The first-order valence-corrected chi connectivity index (χ1v) is 8.23. The molecule has 1 N–H and O–H groups in total. The molecule has 2 aliphatic heterocycles. The maximum absolute atomic E-state index is 12.5. The summed E-state index contributed by atoms with van der Waals surface area (Å²) >= 11 is 0. The summed E-state index contributed by atoms with van der Waals surface area (Å²) in [5.74, 6) is 0.754. The molecule has 2 saturated heterocycles. The third-order valence-electron chi connectivity index (χ3n) is 5.04. The zero-order valence-corrected chi connectivity index (χ0v) is 13.7. The Hall–Kier alpha value is -2.41. The number of hydrogen-bond acceptors (Lipinski definition) is 5. The molecule has 1 amide bonds. The Kier molecular flexibility index (Phi) is 3.72. The van der Waals surface area contributed by atoms with Crippen LogP contribution in [-0.4, -0.2) is 64.1 Å². The van der Waals surface area contributed by atoms with E-state index in [2.05, 4.69) is 19.9 Å². The normalized spacial score (nSPS) is 26.2. The number of anilines is 1. The Morgan fingerprint density at radius 3 is 3.00 bits per heavy atom. The molecule has 7 nitrogen and oxygen atoms in total. The first-order valence-electron chi connectivity index (χ1n) is 8.23. The standard InChI is InChI=1S/C17H21N5O2/c1-21(16-19-7-3-8-20-16)13-10-17(24-11-13)5-9-22(12-17)15(23)14-4-2-6-18-14/h2-4,6-8,13,18H,5,9-12H2,1H3/t13-,17+/m0/s1. The van der Waals surface area contributed by atoms with Gasteiger partial charge in [-0.3, -0.25) is 4.79 Å². The number of hydrogen-bond donors (Lipinski definition) is 1. The summed E-state index contributed by atoms with van der Waals surface area (Å²) < 4.78 is 6.15. The van der Waals surface area contributed by atoms with Crippen molar-refractivity contribution < 1.29 is 9.53 Å². The molecule has 0 radical (unpaired) electrons. The van der Waals surface area contributed by atoms with Crippen molar-refractivity contribution in [1.82, 2.24) is 19.9 Å². The van der Waals surface area contributed by atoms with Crippen LogP contribution in [0.4, 0.5) is 5.95 Å². The van der Waals surface area contributed by atoms with Crippen molar-refractivity contribution in [1.29, 1.82) is 0 Å². The fourth-order valence-electron chi connectivity index (χ4n) is 3.64. The van der Waals surface area contributed by atoms with Crippen molar-refractivity contribution in [3.05, 3.63) is 42.5 Å². The van der Waals surface area contributed by atoms with Crippen molar-refractivity contribution in [3.8, 4) is 0 Å². The van der Waals surface area contributed by atoms with E-state index in [-0.39, 0.29) is 17.6 Å². The van der Waals surface area contributed by atoms with Crippen LogP contribution in [-0.2, 0) is 4.74 Å². The van der Waals surface area contributed by atoms with Crippen LogP contribution in [0, 0.1) is 0 Å². The van der Waals surface area contributed by atoms with Gasteiger partial charge < -0.3 is 19.5 Å². The third kappa shape index (κ3) is 2.65. The van der Waals surface area contributed by atoms with Crippen LogP contribution in [0.5, 0.6) is 0 Å². The first kappa shape index (κ1) is 15.1. The number of ether oxygens (including phenoxy) is 1. The topological polar surface area (TPSA) is 74.3 Å². The number of likely N-dealkylation sites (N-methyl/N-ethyl adjacent to an activating group) is 1. The summed E-state index contributed by atoms with van der Waals surface area (Å²) in [7, 11) is 2.00. The fraction of sp³-hybridized carbons (Fsp3) is 0.471. The molecule has 2 fully saturated rings. The minimum Gasteiger partial charge on any atom is -0.371 e. The predicted molar refractivity (Wildman–Crippen MR) is 88.8 cm³/mol. The van der Waals surface area contributed by atoms with Crippen molar-refractivity contribution in [2.24, 2.45) is 0 Å². The van der Waals surface area contributed by atoms with Crippen molar-refractivity contribution in [2.45, 2.75) is 24.5 Å². The quantitative estimate of drug-likeness (QED) is 0.920. The number of H-pyrrole nitrogens is 1. The average Bonchev–Trinajstić information content (AvgIpc) is 3.37. The Morgan fingerprint density at radius 1 is 1.42 bits per heavy atom. The molecule has 24 heavy (non-hydrogen) atoms. The highest BCUT2D eigenvalue weighted by Gasteiger charge is 2.48. The SMILES string of the molecule is CN(c1ncccn1)[C@@H]1CO[C@]2(CCN(C(=O)c3ccc[nH]3)C2)C1. The predicted octanol–water partition coefficient (Wildman–Crippen LogP) is 1.31. The smallest absolute Gasteiger partial charge is 0.270 e. The molecular formula is C17H21N5O2. The Morgan fingerprint density at radius 2 is 2.25 bits per heavy atom. The number of nitrogens with zero attached hydrogens (tertiary/aromatic N) is 4. The van der Waals surface area contributed by atoms with E-state index in [0.717, 1.165) is 19.4 Å². The molecule has 2 atom stereocenters. The first-order chi connectivity index (χ1) is 11.7. The van der Waals surface area contributed by atoms with E-state index in [1.165, 1.54) is 0 Å². The van der Waals surface area contributed by atoms with Gasteiger partial charge in [0, 0.05) is 38.6 Å². The highest BCUT2D eigenvalue weighted by Crippen LogP contribution is 2.37. The van der Waals surface area contributed by atoms with Gasteiger partial charge in [-0.1, -0.05) is 0 Å². The summed E-state index contributed by atoms with van der Waals surface area (Å²) in [5, 5.41) is 0. The average molecular weight is 327 g/mol. The van der Waals surface area contributed by atoms with Gasteiger partial charge in [0.25, 0.3) is 5.91 Å². The monoisotopic (exact) mass is 327 g/mol. The van der Waals surface area contributed by atoms with Gasteiger partial charge in [-0.05, 0) is 24.6 Å². The molecule has 1 spiro atoms. The Balaban J connectivity index is 1.42. The van der Waals surface area contributed by atoms with Crippen LogP contribution < -0.4 is 4.90 Å². The summed E-state index contributed by atoms with van der Waals surface area (Å²) in [4.78, 5) is 28.0. The summed E-state index contributed by atoms with van der Waals surface area (Å²) in [6.07, 6.45) is 7.03. The molecular weight excluding hydrogens is 306 g/mol. The van der Waals surface area contributed by atoms with Crippen LogP contribution in [0.1, 0.15) is 23.3 Å². The number of aromatic amines is 1. The van der Waals surface area contributed by atoms with Crippen LogP contribution in [0.2, 0.25) is 0 Å². The molecule has 4 heterocycles. The molecule has 0 saturated carbocycles. The molecule has 0 unspecified atom stereocenters. The van der Waals surface area contributed by atoms with Crippen LogP contribution in [0.3, 0.4) is 0 Å². The maximum atomic E-state index is 12.5. The molecule has 2 aromatic rings. The lowest BCUT2D eigenvalue weighted by Gasteiger charge is -2.26. The number of amides is 1. The zero-order chi connectivity index (χ0) is 16.6. The van der Waals surface area contributed by atoms with E-state index >= 15 is 0 Å².